The molecule has 1 aliphatic heterocycles. The van der Waals surface area contributed by atoms with Crippen LogP contribution in [0.15, 0.2) is 30.3 Å². The summed E-state index contributed by atoms with van der Waals surface area (Å²) in [6.45, 7) is 8.78. The van der Waals surface area contributed by atoms with Gasteiger partial charge < -0.3 is 9.47 Å². The van der Waals surface area contributed by atoms with Gasteiger partial charge in [0.15, 0.2) is 0 Å². The Morgan fingerprint density at radius 3 is 2.32 bits per heavy atom. The van der Waals surface area contributed by atoms with Gasteiger partial charge in [-0.2, -0.15) is 0 Å². The summed E-state index contributed by atoms with van der Waals surface area (Å²) >= 11 is 0. The molecule has 22 heavy (non-hydrogen) atoms. The van der Waals surface area contributed by atoms with Crippen molar-refractivity contribution in [1.29, 1.82) is 0 Å². The highest BCUT2D eigenvalue weighted by atomic mass is 28.3. The Bertz CT molecular complexity index is 480. The monoisotopic (exact) mass is 319 g/mol. The highest BCUT2D eigenvalue weighted by Crippen LogP contribution is 2.36. The van der Waals surface area contributed by atoms with E-state index < -0.39 is 8.07 Å². The summed E-state index contributed by atoms with van der Waals surface area (Å²) in [6, 6.07) is 12.3. The number of rotatable bonds is 7. The lowest BCUT2D eigenvalue weighted by molar-refractivity contribution is 0.138. The van der Waals surface area contributed by atoms with Crippen molar-refractivity contribution in [1.82, 2.24) is 5.32 Å². The highest BCUT2D eigenvalue weighted by Gasteiger charge is 2.33. The van der Waals surface area contributed by atoms with Crippen LogP contribution in [0.4, 0.5) is 0 Å². The van der Waals surface area contributed by atoms with Gasteiger partial charge in [-0.05, 0) is 23.8 Å². The number of methoxy groups -OCH3 is 1. The van der Waals surface area contributed by atoms with Gasteiger partial charge in [-0.15, -0.1) is 0 Å². The van der Waals surface area contributed by atoms with E-state index in [1.807, 2.05) is 0 Å². The van der Waals surface area contributed by atoms with Gasteiger partial charge in [0.2, 0.25) is 0 Å². The minimum absolute atomic E-state index is 0.0635. The lowest BCUT2D eigenvalue weighted by Crippen LogP contribution is -2.35. The van der Waals surface area contributed by atoms with Crippen molar-refractivity contribution in [3.63, 3.8) is 0 Å². The third-order valence-electron chi connectivity index (χ3n) is 5.07. The van der Waals surface area contributed by atoms with Crippen LogP contribution >= 0.6 is 0 Å². The van der Waals surface area contributed by atoms with Crippen LogP contribution < -0.4 is 10.1 Å². The molecular weight excluding hydrogens is 290 g/mol. The SMILES string of the molecule is CC[Si](CC)(CC)C(=CC1NCCO1)c1ccc(OC)cc1. The molecule has 1 saturated heterocycles. The van der Waals surface area contributed by atoms with Gasteiger partial charge in [-0.25, -0.2) is 0 Å². The molecule has 3 nitrogen and oxygen atoms in total. The van der Waals surface area contributed by atoms with Crippen LogP contribution in [-0.2, 0) is 4.74 Å². The maximum Gasteiger partial charge on any atom is 0.127 e. The number of benzene rings is 1. The van der Waals surface area contributed by atoms with Gasteiger partial charge in [0.1, 0.15) is 12.0 Å². The van der Waals surface area contributed by atoms with Gasteiger partial charge in [-0.1, -0.05) is 56.2 Å². The first-order valence-electron chi connectivity index (χ1n) is 8.40. The van der Waals surface area contributed by atoms with Crippen LogP contribution in [0.1, 0.15) is 26.3 Å². The molecule has 1 unspecified atom stereocenters. The number of hydrogen-bond donors (Lipinski definition) is 1. The maximum absolute atomic E-state index is 5.79. The van der Waals surface area contributed by atoms with E-state index in [1.54, 1.807) is 7.11 Å². The summed E-state index contributed by atoms with van der Waals surface area (Å²) in [5, 5.41) is 4.95. The fourth-order valence-electron chi connectivity index (χ4n) is 3.38. The van der Waals surface area contributed by atoms with Crippen LogP contribution in [0, 0.1) is 0 Å². The topological polar surface area (TPSA) is 30.5 Å². The quantitative estimate of drug-likeness (QED) is 0.768. The van der Waals surface area contributed by atoms with Crippen LogP contribution in [0.2, 0.25) is 18.1 Å². The Balaban J connectivity index is 2.43. The Labute approximate surface area is 135 Å². The number of ether oxygens (including phenoxy) is 2. The average molecular weight is 320 g/mol. The van der Waals surface area contributed by atoms with Gasteiger partial charge in [0.25, 0.3) is 0 Å². The van der Waals surface area contributed by atoms with Crippen molar-refractivity contribution >= 4 is 13.3 Å². The summed E-state index contributed by atoms with van der Waals surface area (Å²) in [6.07, 6.45) is 2.41. The van der Waals surface area contributed by atoms with Crippen LogP contribution in [0.5, 0.6) is 5.75 Å². The van der Waals surface area contributed by atoms with E-state index in [4.69, 9.17) is 9.47 Å². The first-order valence-corrected chi connectivity index (χ1v) is 11.0. The molecule has 0 radical (unpaired) electrons. The van der Waals surface area contributed by atoms with E-state index in [1.165, 1.54) is 28.9 Å². The Hall–Kier alpha value is -1.10. The molecule has 1 aliphatic rings. The fourth-order valence-corrected chi connectivity index (χ4v) is 7.30. The Morgan fingerprint density at radius 1 is 1.23 bits per heavy atom. The molecule has 1 aromatic rings. The summed E-state index contributed by atoms with van der Waals surface area (Å²) in [7, 11) is 0.231. The van der Waals surface area contributed by atoms with E-state index in [2.05, 4.69) is 56.4 Å². The van der Waals surface area contributed by atoms with Crippen molar-refractivity contribution in [2.75, 3.05) is 20.3 Å². The zero-order valence-corrected chi connectivity index (χ0v) is 15.3. The van der Waals surface area contributed by atoms with Crippen molar-refractivity contribution in [3.8, 4) is 5.75 Å². The predicted octanol–water partition coefficient (Wildman–Crippen LogP) is 4.07. The molecule has 0 aromatic heterocycles. The van der Waals surface area contributed by atoms with Crippen molar-refractivity contribution in [3.05, 3.63) is 35.9 Å². The molecule has 1 aromatic carbocycles. The Kier molecular flexibility index (Phi) is 6.23. The van der Waals surface area contributed by atoms with Crippen LogP contribution in [0.3, 0.4) is 0 Å². The summed E-state index contributed by atoms with van der Waals surface area (Å²) in [5.74, 6) is 0.912. The molecule has 1 fully saturated rings. The fraction of sp³-hybridized carbons (Fsp3) is 0.556. The van der Waals surface area contributed by atoms with Gasteiger partial charge >= 0.3 is 0 Å². The molecule has 122 valence electrons. The molecule has 1 N–H and O–H groups in total. The second-order valence-corrected chi connectivity index (χ2v) is 11.1. The molecule has 4 heteroatoms. The summed E-state index contributed by atoms with van der Waals surface area (Å²) < 4.78 is 11.1. The van der Waals surface area contributed by atoms with Gasteiger partial charge in [-0.3, -0.25) is 5.32 Å². The molecule has 0 spiro atoms. The maximum atomic E-state index is 5.79. The molecule has 1 heterocycles. The molecular formula is C18H29NO2Si. The van der Waals surface area contributed by atoms with Crippen molar-refractivity contribution in [2.45, 2.75) is 45.1 Å². The first-order chi connectivity index (χ1) is 10.7. The van der Waals surface area contributed by atoms with Crippen LogP contribution in [0.25, 0.3) is 5.20 Å². The molecule has 2 rings (SSSR count). The zero-order valence-electron chi connectivity index (χ0n) is 14.3. The zero-order chi connectivity index (χ0) is 16.0. The molecule has 1 atom stereocenters. The average Bonchev–Trinajstić information content (AvgIpc) is 3.09. The minimum Gasteiger partial charge on any atom is -0.497 e. The normalized spacial score (nSPS) is 19.5. The first kappa shape index (κ1) is 17.3. The second-order valence-electron chi connectivity index (χ2n) is 5.90. The molecule has 0 amide bonds. The minimum atomic E-state index is -1.48. The van der Waals surface area contributed by atoms with E-state index >= 15 is 0 Å². The number of hydrogen-bond acceptors (Lipinski definition) is 3. The molecule has 0 saturated carbocycles. The molecule has 0 aliphatic carbocycles. The predicted molar refractivity (Wildman–Crippen MR) is 95.9 cm³/mol. The third-order valence-corrected chi connectivity index (χ3v) is 10.7. The van der Waals surface area contributed by atoms with Gasteiger partial charge in [0.05, 0.1) is 21.8 Å². The smallest absolute Gasteiger partial charge is 0.127 e. The van der Waals surface area contributed by atoms with E-state index in [9.17, 15) is 0 Å². The third kappa shape index (κ3) is 3.62. The largest absolute Gasteiger partial charge is 0.497 e. The number of nitrogens with one attached hydrogen (secondary N) is 1. The van der Waals surface area contributed by atoms with Crippen LogP contribution in [-0.4, -0.2) is 34.6 Å². The van der Waals surface area contributed by atoms with E-state index in [0.717, 1.165) is 18.9 Å². The van der Waals surface area contributed by atoms with E-state index in [-0.39, 0.29) is 6.23 Å². The van der Waals surface area contributed by atoms with Crippen molar-refractivity contribution in [2.24, 2.45) is 0 Å². The standard InChI is InChI=1S/C18H29NO2Si/c1-5-22(6-2,7-3)17(14-18-19-12-13-21-18)15-8-10-16(20-4)11-9-15/h8-11,14,18-19H,5-7,12-13H2,1-4H3. The van der Waals surface area contributed by atoms with E-state index in [0.29, 0.717) is 0 Å². The summed E-state index contributed by atoms with van der Waals surface area (Å²) in [4.78, 5) is 0. The Morgan fingerprint density at radius 2 is 1.86 bits per heavy atom. The lowest BCUT2D eigenvalue weighted by atomic mass is 10.2. The van der Waals surface area contributed by atoms with Gasteiger partial charge in [0, 0.05) is 6.54 Å². The summed E-state index contributed by atoms with van der Waals surface area (Å²) in [5.41, 5.74) is 1.33. The van der Waals surface area contributed by atoms with Crippen molar-refractivity contribution < 1.29 is 9.47 Å². The highest BCUT2D eigenvalue weighted by molar-refractivity contribution is 6.96. The lowest BCUT2D eigenvalue weighted by Gasteiger charge is -2.32. The molecule has 0 bridgehead atoms. The second kappa shape index (κ2) is 7.95.